The van der Waals surface area contributed by atoms with E-state index in [1.807, 2.05) is 42.5 Å². The normalized spacial score (nSPS) is 21.3. The molecule has 5 heteroatoms. The van der Waals surface area contributed by atoms with Gasteiger partial charge in [-0.15, -0.1) is 0 Å². The van der Waals surface area contributed by atoms with Crippen molar-refractivity contribution in [2.24, 2.45) is 0 Å². The number of carbonyl (C=O) groups is 2. The van der Waals surface area contributed by atoms with Crippen LogP contribution in [0.1, 0.15) is 35.7 Å². The Morgan fingerprint density at radius 2 is 1.75 bits per heavy atom. The van der Waals surface area contributed by atoms with Gasteiger partial charge in [-0.3, -0.25) is 9.59 Å². The molecule has 2 N–H and O–H groups in total. The van der Waals surface area contributed by atoms with Crippen molar-refractivity contribution >= 4 is 23.2 Å². The second-order valence-corrected chi connectivity index (χ2v) is 6.20. The molecule has 0 radical (unpaired) electrons. The van der Waals surface area contributed by atoms with Crippen molar-refractivity contribution in [3.63, 3.8) is 0 Å². The first-order valence-electron chi connectivity index (χ1n) is 8.28. The summed E-state index contributed by atoms with van der Waals surface area (Å²) in [5.74, 6) is -0.357. The highest BCUT2D eigenvalue weighted by Crippen LogP contribution is 2.43. The van der Waals surface area contributed by atoms with Crippen molar-refractivity contribution in [2.45, 2.75) is 25.4 Å². The van der Waals surface area contributed by atoms with Gasteiger partial charge < -0.3 is 15.5 Å². The Bertz CT molecular complexity index is 833. The molecule has 4 rings (SSSR count). The SMILES string of the molecule is CCCCN1C(=O)C2(NC(=O)c3ccccc3N2)c2ccccc21. The van der Waals surface area contributed by atoms with Crippen LogP contribution in [0, 0.1) is 0 Å². The summed E-state index contributed by atoms with van der Waals surface area (Å²) in [4.78, 5) is 27.6. The maximum atomic E-state index is 13.2. The molecule has 2 heterocycles. The highest BCUT2D eigenvalue weighted by atomic mass is 16.2. The molecule has 0 fully saturated rings. The van der Waals surface area contributed by atoms with E-state index >= 15 is 0 Å². The van der Waals surface area contributed by atoms with Gasteiger partial charge in [0.1, 0.15) is 0 Å². The summed E-state index contributed by atoms with van der Waals surface area (Å²) in [6.45, 7) is 2.74. The summed E-state index contributed by atoms with van der Waals surface area (Å²) in [6, 6.07) is 14.9. The van der Waals surface area contributed by atoms with Crippen molar-refractivity contribution in [1.82, 2.24) is 5.32 Å². The van der Waals surface area contributed by atoms with Gasteiger partial charge in [-0.05, 0) is 24.6 Å². The Morgan fingerprint density at radius 1 is 1.00 bits per heavy atom. The maximum absolute atomic E-state index is 13.2. The Hall–Kier alpha value is -2.82. The van der Waals surface area contributed by atoms with Gasteiger partial charge in [0.2, 0.25) is 5.66 Å². The number of amides is 2. The number of anilines is 2. The van der Waals surface area contributed by atoms with E-state index < -0.39 is 5.66 Å². The largest absolute Gasteiger partial charge is 0.350 e. The third kappa shape index (κ3) is 1.94. The number of carbonyl (C=O) groups excluding carboxylic acids is 2. The van der Waals surface area contributed by atoms with Crippen LogP contribution in [-0.2, 0) is 10.5 Å². The lowest BCUT2D eigenvalue weighted by Crippen LogP contribution is -2.60. The zero-order valence-corrected chi connectivity index (χ0v) is 13.5. The highest BCUT2D eigenvalue weighted by molar-refractivity contribution is 6.15. The number of unbranched alkanes of at least 4 members (excludes halogenated alkanes) is 1. The number of nitrogens with one attached hydrogen (secondary N) is 2. The number of hydrogen-bond acceptors (Lipinski definition) is 3. The number of hydrogen-bond donors (Lipinski definition) is 2. The van der Waals surface area contributed by atoms with Gasteiger partial charge in [0.25, 0.3) is 11.8 Å². The first kappa shape index (κ1) is 14.8. The third-order valence-electron chi connectivity index (χ3n) is 4.69. The highest BCUT2D eigenvalue weighted by Gasteiger charge is 2.54. The number of rotatable bonds is 3. The van der Waals surface area contributed by atoms with Crippen LogP contribution in [0.25, 0.3) is 0 Å². The molecule has 2 aliphatic rings. The van der Waals surface area contributed by atoms with E-state index in [4.69, 9.17) is 0 Å². The molecule has 2 aliphatic heterocycles. The van der Waals surface area contributed by atoms with Gasteiger partial charge in [0, 0.05) is 17.8 Å². The smallest absolute Gasteiger partial charge is 0.278 e. The molecule has 1 spiro atoms. The van der Waals surface area contributed by atoms with Gasteiger partial charge in [0.05, 0.1) is 11.3 Å². The molecule has 0 aromatic heterocycles. The van der Waals surface area contributed by atoms with Crippen LogP contribution >= 0.6 is 0 Å². The van der Waals surface area contributed by atoms with Crippen LogP contribution in [0.3, 0.4) is 0 Å². The molecule has 0 saturated carbocycles. The lowest BCUT2D eigenvalue weighted by atomic mass is 9.96. The number of nitrogens with zero attached hydrogens (tertiary/aromatic N) is 1. The van der Waals surface area contributed by atoms with Crippen molar-refractivity contribution in [3.8, 4) is 0 Å². The van der Waals surface area contributed by atoms with Crippen LogP contribution in [0.15, 0.2) is 48.5 Å². The molecular formula is C19H19N3O2. The minimum Gasteiger partial charge on any atom is -0.350 e. The molecule has 0 saturated heterocycles. The van der Waals surface area contributed by atoms with Crippen LogP contribution in [0.4, 0.5) is 11.4 Å². The van der Waals surface area contributed by atoms with Gasteiger partial charge in [-0.2, -0.15) is 0 Å². The van der Waals surface area contributed by atoms with E-state index in [0.29, 0.717) is 17.8 Å². The molecule has 1 atom stereocenters. The molecule has 1 unspecified atom stereocenters. The van der Waals surface area contributed by atoms with Crippen molar-refractivity contribution < 1.29 is 9.59 Å². The third-order valence-corrected chi connectivity index (χ3v) is 4.69. The average Bonchev–Trinajstić information content (AvgIpc) is 2.82. The standard InChI is InChI=1S/C19H19N3O2/c1-2-3-12-22-16-11-7-5-9-14(16)19(18(22)24)20-15-10-6-4-8-13(15)17(23)21-19/h4-11,20H,2-3,12H2,1H3,(H,21,23). The Labute approximate surface area is 140 Å². The minimum atomic E-state index is -1.21. The van der Waals surface area contributed by atoms with E-state index in [2.05, 4.69) is 17.6 Å². The van der Waals surface area contributed by atoms with E-state index in [9.17, 15) is 9.59 Å². The van der Waals surface area contributed by atoms with Crippen LogP contribution in [0.2, 0.25) is 0 Å². The number of benzene rings is 2. The van der Waals surface area contributed by atoms with Crippen LogP contribution in [-0.4, -0.2) is 18.4 Å². The summed E-state index contributed by atoms with van der Waals surface area (Å²) in [5.41, 5.74) is 1.69. The molecule has 2 aromatic carbocycles. The Balaban J connectivity index is 1.84. The van der Waals surface area contributed by atoms with E-state index in [-0.39, 0.29) is 11.8 Å². The predicted octanol–water partition coefficient (Wildman–Crippen LogP) is 2.84. The molecule has 24 heavy (non-hydrogen) atoms. The number of fused-ring (bicyclic) bond motifs is 3. The lowest BCUT2D eigenvalue weighted by Gasteiger charge is -2.36. The minimum absolute atomic E-state index is 0.125. The van der Waals surface area contributed by atoms with Crippen molar-refractivity contribution in [3.05, 3.63) is 59.7 Å². The summed E-state index contributed by atoms with van der Waals surface area (Å²) < 4.78 is 0. The number of para-hydroxylation sites is 2. The fraction of sp³-hybridized carbons (Fsp3) is 0.263. The lowest BCUT2D eigenvalue weighted by molar-refractivity contribution is -0.123. The summed E-state index contributed by atoms with van der Waals surface area (Å²) >= 11 is 0. The molecular weight excluding hydrogens is 302 g/mol. The molecule has 0 aliphatic carbocycles. The second-order valence-electron chi connectivity index (χ2n) is 6.20. The molecule has 122 valence electrons. The van der Waals surface area contributed by atoms with Gasteiger partial charge >= 0.3 is 0 Å². The summed E-state index contributed by atoms with van der Waals surface area (Å²) in [7, 11) is 0. The van der Waals surface area contributed by atoms with Crippen LogP contribution < -0.4 is 15.5 Å². The predicted molar refractivity (Wildman–Crippen MR) is 92.9 cm³/mol. The summed E-state index contributed by atoms with van der Waals surface area (Å²) in [5, 5.41) is 6.21. The van der Waals surface area contributed by atoms with Gasteiger partial charge in [0.15, 0.2) is 0 Å². The average molecular weight is 321 g/mol. The first-order valence-corrected chi connectivity index (χ1v) is 8.28. The molecule has 5 nitrogen and oxygen atoms in total. The topological polar surface area (TPSA) is 61.4 Å². The van der Waals surface area contributed by atoms with E-state index in [0.717, 1.165) is 24.1 Å². The Morgan fingerprint density at radius 3 is 2.58 bits per heavy atom. The second kappa shape index (κ2) is 5.37. The van der Waals surface area contributed by atoms with Gasteiger partial charge in [-0.25, -0.2) is 0 Å². The van der Waals surface area contributed by atoms with Gasteiger partial charge in [-0.1, -0.05) is 43.7 Å². The van der Waals surface area contributed by atoms with Crippen molar-refractivity contribution in [2.75, 3.05) is 16.8 Å². The first-order chi connectivity index (χ1) is 11.7. The maximum Gasteiger partial charge on any atom is 0.278 e. The zero-order chi connectivity index (χ0) is 16.7. The fourth-order valence-electron chi connectivity index (χ4n) is 3.49. The molecule has 2 amide bonds. The van der Waals surface area contributed by atoms with Crippen molar-refractivity contribution in [1.29, 1.82) is 0 Å². The van der Waals surface area contributed by atoms with E-state index in [1.54, 1.807) is 11.0 Å². The zero-order valence-electron chi connectivity index (χ0n) is 13.5. The summed E-state index contributed by atoms with van der Waals surface area (Å²) in [6.07, 6.45) is 1.92. The monoisotopic (exact) mass is 321 g/mol. The van der Waals surface area contributed by atoms with E-state index in [1.165, 1.54) is 0 Å². The molecule has 2 aromatic rings. The van der Waals surface area contributed by atoms with Crippen LogP contribution in [0.5, 0.6) is 0 Å². The Kier molecular flexibility index (Phi) is 3.30. The quantitative estimate of drug-likeness (QED) is 0.914. The molecule has 0 bridgehead atoms. The fourth-order valence-corrected chi connectivity index (χ4v) is 3.49.